The number of benzene rings is 1. The van der Waals surface area contributed by atoms with Gasteiger partial charge in [-0.1, -0.05) is 29.8 Å². The van der Waals surface area contributed by atoms with Crippen LogP contribution in [0.5, 0.6) is 0 Å². The van der Waals surface area contributed by atoms with Crippen molar-refractivity contribution >= 4 is 17.5 Å². The molecule has 1 aromatic rings. The lowest BCUT2D eigenvalue weighted by Crippen LogP contribution is -2.40. The molecule has 1 aliphatic rings. The largest absolute Gasteiger partial charge is 0.395 e. The van der Waals surface area contributed by atoms with Crippen molar-refractivity contribution in [1.29, 1.82) is 0 Å². The van der Waals surface area contributed by atoms with E-state index in [-0.39, 0.29) is 18.6 Å². The summed E-state index contributed by atoms with van der Waals surface area (Å²) in [6, 6.07) is 7.60. The van der Waals surface area contributed by atoms with Gasteiger partial charge in [0.15, 0.2) is 0 Å². The number of hydrogen-bond donors (Lipinski definition) is 2. The van der Waals surface area contributed by atoms with E-state index in [4.69, 9.17) is 11.6 Å². The summed E-state index contributed by atoms with van der Waals surface area (Å²) in [4.78, 5) is 13.9. The molecule has 1 saturated heterocycles. The number of nitrogens with one attached hydrogen (secondary N) is 1. The van der Waals surface area contributed by atoms with Gasteiger partial charge in [-0.15, -0.1) is 0 Å². The number of aliphatic hydroxyl groups is 1. The number of aliphatic hydroxyl groups excluding tert-OH is 1. The van der Waals surface area contributed by atoms with E-state index in [2.05, 4.69) is 5.32 Å². The van der Waals surface area contributed by atoms with Crippen molar-refractivity contribution in [2.24, 2.45) is 0 Å². The molecule has 0 bridgehead atoms. The van der Waals surface area contributed by atoms with Crippen LogP contribution in [0.2, 0.25) is 5.02 Å². The maximum absolute atomic E-state index is 11.9. The molecule has 0 aliphatic carbocycles. The minimum absolute atomic E-state index is 0.0275. The van der Waals surface area contributed by atoms with Gasteiger partial charge in [0.05, 0.1) is 13.2 Å². The van der Waals surface area contributed by atoms with Gasteiger partial charge in [-0.3, -0.25) is 9.69 Å². The van der Waals surface area contributed by atoms with E-state index >= 15 is 0 Å². The highest BCUT2D eigenvalue weighted by atomic mass is 35.5. The van der Waals surface area contributed by atoms with Crippen LogP contribution in [0, 0.1) is 0 Å². The highest BCUT2D eigenvalue weighted by molar-refractivity contribution is 6.31. The number of hydrogen-bond acceptors (Lipinski definition) is 3. The highest BCUT2D eigenvalue weighted by Gasteiger charge is 2.25. The van der Waals surface area contributed by atoms with Crippen LogP contribution in [0.4, 0.5) is 0 Å². The zero-order chi connectivity index (χ0) is 13.7. The predicted octanol–water partition coefficient (Wildman–Crippen LogP) is 1.41. The van der Waals surface area contributed by atoms with Crippen LogP contribution in [-0.2, 0) is 11.3 Å². The Balaban J connectivity index is 1.80. The number of likely N-dealkylation sites (tertiary alicyclic amines) is 1. The summed E-state index contributed by atoms with van der Waals surface area (Å²) in [5, 5.41) is 12.7. The molecule has 19 heavy (non-hydrogen) atoms. The molecule has 4 nitrogen and oxygen atoms in total. The van der Waals surface area contributed by atoms with Gasteiger partial charge in [0, 0.05) is 17.6 Å². The van der Waals surface area contributed by atoms with Crippen LogP contribution in [0.3, 0.4) is 0 Å². The monoisotopic (exact) mass is 282 g/mol. The molecule has 1 amide bonds. The topological polar surface area (TPSA) is 52.6 Å². The second-order valence-electron chi connectivity index (χ2n) is 4.82. The normalized spacial score (nSPS) is 19.6. The molecule has 1 heterocycles. The quantitative estimate of drug-likeness (QED) is 0.859. The number of amides is 1. The molecule has 0 saturated carbocycles. The van der Waals surface area contributed by atoms with E-state index in [1.807, 2.05) is 29.2 Å². The fourth-order valence-corrected chi connectivity index (χ4v) is 2.59. The summed E-state index contributed by atoms with van der Waals surface area (Å²) >= 11 is 6.03. The van der Waals surface area contributed by atoms with Crippen LogP contribution in [0.25, 0.3) is 0 Å². The van der Waals surface area contributed by atoms with Crippen LogP contribution >= 0.6 is 11.6 Å². The summed E-state index contributed by atoms with van der Waals surface area (Å²) in [5.41, 5.74) is 0.914. The average Bonchev–Trinajstić information content (AvgIpc) is 2.85. The van der Waals surface area contributed by atoms with Gasteiger partial charge in [0.2, 0.25) is 5.91 Å². The molecule has 1 fully saturated rings. The number of halogens is 1. The van der Waals surface area contributed by atoms with E-state index in [1.165, 1.54) is 0 Å². The Morgan fingerprint density at radius 1 is 1.47 bits per heavy atom. The molecule has 1 aliphatic heterocycles. The summed E-state index contributed by atoms with van der Waals surface area (Å²) < 4.78 is 0. The smallest absolute Gasteiger partial charge is 0.234 e. The fourth-order valence-electron chi connectivity index (χ4n) is 2.39. The lowest BCUT2D eigenvalue weighted by atomic mass is 10.2. The Morgan fingerprint density at radius 3 is 3.00 bits per heavy atom. The SMILES string of the molecule is O=C(CN1CCCC1CO)NCc1ccccc1Cl. The van der Waals surface area contributed by atoms with Gasteiger partial charge in [-0.05, 0) is 31.0 Å². The minimum Gasteiger partial charge on any atom is -0.395 e. The van der Waals surface area contributed by atoms with Crippen molar-refractivity contribution in [2.45, 2.75) is 25.4 Å². The Kier molecular flexibility index (Phi) is 5.19. The van der Waals surface area contributed by atoms with E-state index in [0.29, 0.717) is 18.1 Å². The van der Waals surface area contributed by atoms with Crippen LogP contribution in [0.1, 0.15) is 18.4 Å². The van der Waals surface area contributed by atoms with E-state index < -0.39 is 0 Å². The molecule has 2 N–H and O–H groups in total. The molecule has 0 aromatic heterocycles. The van der Waals surface area contributed by atoms with Gasteiger partial charge in [0.1, 0.15) is 0 Å². The van der Waals surface area contributed by atoms with Gasteiger partial charge in [0.25, 0.3) is 0 Å². The number of carbonyl (C=O) groups excluding carboxylic acids is 1. The Hall–Kier alpha value is -1.10. The van der Waals surface area contributed by atoms with Crippen LogP contribution in [0.15, 0.2) is 24.3 Å². The van der Waals surface area contributed by atoms with Crippen molar-refractivity contribution in [3.8, 4) is 0 Å². The Labute approximate surface area is 118 Å². The molecule has 1 aromatic carbocycles. The fraction of sp³-hybridized carbons (Fsp3) is 0.500. The molecule has 5 heteroatoms. The average molecular weight is 283 g/mol. The third kappa shape index (κ3) is 3.93. The van der Waals surface area contributed by atoms with Gasteiger partial charge < -0.3 is 10.4 Å². The molecular formula is C14H19ClN2O2. The third-order valence-electron chi connectivity index (χ3n) is 3.49. The van der Waals surface area contributed by atoms with Crippen molar-refractivity contribution in [2.75, 3.05) is 19.7 Å². The van der Waals surface area contributed by atoms with Crippen molar-refractivity contribution in [3.63, 3.8) is 0 Å². The molecule has 0 spiro atoms. The van der Waals surface area contributed by atoms with Crippen molar-refractivity contribution in [1.82, 2.24) is 10.2 Å². The summed E-state index contributed by atoms with van der Waals surface area (Å²) in [6.45, 7) is 1.79. The molecule has 2 rings (SSSR count). The molecule has 104 valence electrons. The standard InChI is InChI=1S/C14H19ClN2O2/c15-13-6-2-1-4-11(13)8-16-14(19)9-17-7-3-5-12(17)10-18/h1-2,4,6,12,18H,3,5,7-10H2,(H,16,19). The number of rotatable bonds is 5. The number of carbonyl (C=O) groups is 1. The zero-order valence-corrected chi connectivity index (χ0v) is 11.6. The van der Waals surface area contributed by atoms with Gasteiger partial charge in [-0.2, -0.15) is 0 Å². The van der Waals surface area contributed by atoms with E-state index in [9.17, 15) is 9.90 Å². The summed E-state index contributed by atoms with van der Waals surface area (Å²) in [6.07, 6.45) is 2.01. The molecule has 1 atom stereocenters. The van der Waals surface area contributed by atoms with Crippen molar-refractivity contribution in [3.05, 3.63) is 34.9 Å². The molecule has 1 unspecified atom stereocenters. The first-order valence-electron chi connectivity index (χ1n) is 6.55. The predicted molar refractivity (Wildman–Crippen MR) is 75.0 cm³/mol. The van der Waals surface area contributed by atoms with Gasteiger partial charge >= 0.3 is 0 Å². The second-order valence-corrected chi connectivity index (χ2v) is 5.22. The maximum atomic E-state index is 11.9. The van der Waals surface area contributed by atoms with Gasteiger partial charge in [-0.25, -0.2) is 0 Å². The first-order chi connectivity index (χ1) is 9.20. The number of nitrogens with zero attached hydrogens (tertiary/aromatic N) is 1. The lowest BCUT2D eigenvalue weighted by molar-refractivity contribution is -0.122. The molecule has 0 radical (unpaired) electrons. The Bertz CT molecular complexity index is 439. The lowest BCUT2D eigenvalue weighted by Gasteiger charge is -2.21. The van der Waals surface area contributed by atoms with Crippen LogP contribution < -0.4 is 5.32 Å². The Morgan fingerprint density at radius 2 is 2.26 bits per heavy atom. The van der Waals surface area contributed by atoms with Crippen molar-refractivity contribution < 1.29 is 9.90 Å². The molecular weight excluding hydrogens is 264 g/mol. The first-order valence-corrected chi connectivity index (χ1v) is 6.93. The second kappa shape index (κ2) is 6.89. The van der Waals surface area contributed by atoms with E-state index in [0.717, 1.165) is 24.9 Å². The zero-order valence-electron chi connectivity index (χ0n) is 10.8. The third-order valence-corrected chi connectivity index (χ3v) is 3.86. The highest BCUT2D eigenvalue weighted by Crippen LogP contribution is 2.16. The minimum atomic E-state index is -0.0275. The first kappa shape index (κ1) is 14.3. The summed E-state index contributed by atoms with van der Waals surface area (Å²) in [5.74, 6) is -0.0275. The van der Waals surface area contributed by atoms with E-state index in [1.54, 1.807) is 0 Å². The summed E-state index contributed by atoms with van der Waals surface area (Å²) in [7, 11) is 0. The maximum Gasteiger partial charge on any atom is 0.234 e. The van der Waals surface area contributed by atoms with Crippen LogP contribution in [-0.4, -0.2) is 41.7 Å².